The second kappa shape index (κ2) is 9.52. The zero-order chi connectivity index (χ0) is 19.8. The molecule has 0 aliphatic heterocycles. The van der Waals surface area contributed by atoms with Crippen molar-refractivity contribution in [2.45, 2.75) is 20.4 Å². The van der Waals surface area contributed by atoms with Gasteiger partial charge in [-0.05, 0) is 31.6 Å². The van der Waals surface area contributed by atoms with Crippen molar-refractivity contribution in [2.75, 3.05) is 19.4 Å². The molecule has 0 fully saturated rings. The predicted octanol–water partition coefficient (Wildman–Crippen LogP) is 4.47. The number of aromatic nitrogens is 2. The van der Waals surface area contributed by atoms with Crippen molar-refractivity contribution in [2.24, 2.45) is 4.99 Å². The van der Waals surface area contributed by atoms with Crippen LogP contribution in [0.25, 0.3) is 17.1 Å². The molecular formula is C21H26FN5. The van der Waals surface area contributed by atoms with E-state index in [0.717, 1.165) is 11.3 Å². The van der Waals surface area contributed by atoms with Gasteiger partial charge in [-0.2, -0.15) is 0 Å². The minimum atomic E-state index is -0.305. The van der Waals surface area contributed by atoms with Crippen LogP contribution < -0.4 is 10.6 Å². The van der Waals surface area contributed by atoms with Crippen molar-refractivity contribution >= 4 is 17.7 Å². The Hall–Kier alpha value is -3.15. The molecule has 0 saturated heterocycles. The Labute approximate surface area is 160 Å². The lowest BCUT2D eigenvalue weighted by molar-refractivity contribution is 0.628. The van der Waals surface area contributed by atoms with E-state index in [1.54, 1.807) is 32.6 Å². The summed E-state index contributed by atoms with van der Waals surface area (Å²) in [6, 6.07) is 6.39. The number of nitrogens with one attached hydrogen (secondary N) is 2. The molecule has 5 nitrogen and oxygen atoms in total. The van der Waals surface area contributed by atoms with Crippen LogP contribution in [0, 0.1) is 5.82 Å². The van der Waals surface area contributed by atoms with Crippen molar-refractivity contribution < 1.29 is 4.39 Å². The SMILES string of the molecule is C=C(NC)c1c(NC)nc(-c2cccc(F)c2)n1C/C=N/C=C(C)\C=C/C. The summed E-state index contributed by atoms with van der Waals surface area (Å²) in [5.41, 5.74) is 3.26. The summed E-state index contributed by atoms with van der Waals surface area (Å²) in [4.78, 5) is 9.02. The first-order chi connectivity index (χ1) is 13.0. The largest absolute Gasteiger partial charge is 0.387 e. The van der Waals surface area contributed by atoms with Gasteiger partial charge in [-0.25, -0.2) is 9.37 Å². The van der Waals surface area contributed by atoms with Gasteiger partial charge < -0.3 is 15.2 Å². The smallest absolute Gasteiger partial charge is 0.154 e. The standard InChI is InChI=1S/C21H26FN5/c1-6-8-15(2)14-25-11-12-27-19(16(3)23-4)20(24-5)26-21(27)17-9-7-10-18(22)13-17/h6-11,13-14,23-24H,3,12H2,1-2,4-5H3/b8-6-,15-14-,25-11+. The Bertz CT molecular complexity index is 890. The number of hydrogen-bond acceptors (Lipinski definition) is 4. The summed E-state index contributed by atoms with van der Waals surface area (Å²) < 4.78 is 15.7. The van der Waals surface area contributed by atoms with E-state index in [0.29, 0.717) is 29.4 Å². The van der Waals surface area contributed by atoms with E-state index < -0.39 is 0 Å². The molecular weight excluding hydrogens is 341 g/mol. The highest BCUT2D eigenvalue weighted by atomic mass is 19.1. The Balaban J connectivity index is 2.51. The van der Waals surface area contributed by atoms with Crippen molar-refractivity contribution in [1.82, 2.24) is 14.9 Å². The highest BCUT2D eigenvalue weighted by molar-refractivity contribution is 5.75. The van der Waals surface area contributed by atoms with Crippen molar-refractivity contribution in [3.8, 4) is 11.4 Å². The van der Waals surface area contributed by atoms with Gasteiger partial charge in [0, 0.05) is 32.1 Å². The first kappa shape index (κ1) is 20.2. The van der Waals surface area contributed by atoms with Gasteiger partial charge in [0.25, 0.3) is 0 Å². The van der Waals surface area contributed by atoms with Crippen LogP contribution in [0.3, 0.4) is 0 Å². The molecule has 0 spiro atoms. The molecule has 0 saturated carbocycles. The monoisotopic (exact) mass is 367 g/mol. The Kier molecular flexibility index (Phi) is 7.11. The Morgan fingerprint density at radius 2 is 2.15 bits per heavy atom. The van der Waals surface area contributed by atoms with E-state index in [2.05, 4.69) is 27.2 Å². The summed E-state index contributed by atoms with van der Waals surface area (Å²) in [6.45, 7) is 8.49. The second-order valence-corrected chi connectivity index (χ2v) is 5.94. The molecule has 2 aromatic rings. The highest BCUT2D eigenvalue weighted by Crippen LogP contribution is 2.29. The summed E-state index contributed by atoms with van der Waals surface area (Å²) in [5, 5.41) is 6.15. The topological polar surface area (TPSA) is 54.2 Å². The number of imidazole rings is 1. The number of benzene rings is 1. The predicted molar refractivity (Wildman–Crippen MR) is 112 cm³/mol. The van der Waals surface area contributed by atoms with Crippen molar-refractivity contribution in [3.05, 3.63) is 66.3 Å². The molecule has 27 heavy (non-hydrogen) atoms. The van der Waals surface area contributed by atoms with Crippen LogP contribution >= 0.6 is 0 Å². The van der Waals surface area contributed by atoms with Gasteiger partial charge in [0.2, 0.25) is 0 Å². The first-order valence-electron chi connectivity index (χ1n) is 8.74. The minimum Gasteiger partial charge on any atom is -0.387 e. The highest BCUT2D eigenvalue weighted by Gasteiger charge is 2.19. The Morgan fingerprint density at radius 3 is 2.78 bits per heavy atom. The summed E-state index contributed by atoms with van der Waals surface area (Å²) in [7, 11) is 3.60. The third-order valence-electron chi connectivity index (χ3n) is 3.95. The van der Waals surface area contributed by atoms with Gasteiger partial charge in [0.05, 0.1) is 12.2 Å². The van der Waals surface area contributed by atoms with Gasteiger partial charge in [-0.3, -0.25) is 4.99 Å². The number of halogens is 1. The van der Waals surface area contributed by atoms with Gasteiger partial charge in [0.1, 0.15) is 17.3 Å². The molecule has 1 heterocycles. The van der Waals surface area contributed by atoms with Crippen LogP contribution in [0.2, 0.25) is 0 Å². The molecule has 0 aliphatic carbocycles. The van der Waals surface area contributed by atoms with Crippen LogP contribution in [0.15, 0.2) is 59.8 Å². The zero-order valence-electron chi connectivity index (χ0n) is 16.3. The fraction of sp³-hybridized carbons (Fsp3) is 0.238. The van der Waals surface area contributed by atoms with Crippen molar-refractivity contribution in [1.29, 1.82) is 0 Å². The van der Waals surface area contributed by atoms with E-state index in [-0.39, 0.29) is 5.82 Å². The van der Waals surface area contributed by atoms with Crippen LogP contribution in [-0.2, 0) is 6.54 Å². The quantitative estimate of drug-likeness (QED) is 0.535. The third kappa shape index (κ3) is 4.94. The molecule has 142 valence electrons. The van der Waals surface area contributed by atoms with Gasteiger partial charge in [-0.1, -0.05) is 30.9 Å². The number of rotatable bonds is 8. The normalized spacial score (nSPS) is 12.1. The fourth-order valence-corrected chi connectivity index (χ4v) is 2.68. The maximum atomic E-state index is 13.7. The molecule has 0 amide bonds. The molecule has 2 rings (SSSR count). The van der Waals surface area contributed by atoms with Gasteiger partial charge in [0.15, 0.2) is 5.82 Å². The first-order valence-corrected chi connectivity index (χ1v) is 8.74. The van der Waals surface area contributed by atoms with E-state index in [1.165, 1.54) is 12.1 Å². The maximum absolute atomic E-state index is 13.7. The van der Waals surface area contributed by atoms with E-state index in [9.17, 15) is 4.39 Å². The van der Waals surface area contributed by atoms with Crippen LogP contribution in [-0.4, -0.2) is 29.9 Å². The van der Waals surface area contributed by atoms with Gasteiger partial charge in [-0.15, -0.1) is 0 Å². The molecule has 6 heteroatoms. The van der Waals surface area contributed by atoms with Gasteiger partial charge >= 0.3 is 0 Å². The van der Waals surface area contributed by atoms with E-state index in [4.69, 9.17) is 0 Å². The van der Waals surface area contributed by atoms with E-state index >= 15 is 0 Å². The molecule has 0 atom stereocenters. The minimum absolute atomic E-state index is 0.305. The molecule has 0 aliphatic rings. The average Bonchev–Trinajstić information content (AvgIpc) is 3.03. The second-order valence-electron chi connectivity index (χ2n) is 5.94. The number of hydrogen-bond donors (Lipinski definition) is 2. The lowest BCUT2D eigenvalue weighted by Gasteiger charge is -2.12. The number of nitrogens with zero attached hydrogens (tertiary/aromatic N) is 3. The zero-order valence-corrected chi connectivity index (χ0v) is 16.3. The van der Waals surface area contributed by atoms with Crippen LogP contribution in [0.1, 0.15) is 19.5 Å². The number of anilines is 1. The molecule has 1 aromatic heterocycles. The number of aliphatic imine (C=N–C) groups is 1. The molecule has 2 N–H and O–H groups in total. The molecule has 0 radical (unpaired) electrons. The average molecular weight is 367 g/mol. The summed E-state index contributed by atoms with van der Waals surface area (Å²) in [5.74, 6) is 1.01. The summed E-state index contributed by atoms with van der Waals surface area (Å²) >= 11 is 0. The molecule has 0 unspecified atom stereocenters. The number of allylic oxidation sites excluding steroid dienone is 3. The molecule has 1 aromatic carbocycles. The van der Waals surface area contributed by atoms with Crippen LogP contribution in [0.5, 0.6) is 0 Å². The maximum Gasteiger partial charge on any atom is 0.154 e. The lowest BCUT2D eigenvalue weighted by Crippen LogP contribution is -2.12. The summed E-state index contributed by atoms with van der Waals surface area (Å²) in [6.07, 6.45) is 7.54. The van der Waals surface area contributed by atoms with Crippen LogP contribution in [0.4, 0.5) is 10.2 Å². The Morgan fingerprint density at radius 1 is 1.37 bits per heavy atom. The van der Waals surface area contributed by atoms with Crippen molar-refractivity contribution in [3.63, 3.8) is 0 Å². The van der Waals surface area contributed by atoms with E-state index in [1.807, 2.05) is 36.6 Å². The third-order valence-corrected chi connectivity index (χ3v) is 3.95. The fourth-order valence-electron chi connectivity index (χ4n) is 2.68. The molecule has 0 bridgehead atoms. The lowest BCUT2D eigenvalue weighted by atomic mass is 10.2.